The van der Waals surface area contributed by atoms with Gasteiger partial charge in [-0.3, -0.25) is 4.79 Å². The maximum Gasteiger partial charge on any atom is 0.251 e. The van der Waals surface area contributed by atoms with Crippen molar-refractivity contribution < 1.29 is 17.9 Å². The van der Waals surface area contributed by atoms with Gasteiger partial charge in [0.15, 0.2) is 0 Å². The van der Waals surface area contributed by atoms with Crippen molar-refractivity contribution in [1.82, 2.24) is 14.5 Å². The molecule has 2 rings (SSSR count). The van der Waals surface area contributed by atoms with E-state index in [2.05, 4.69) is 24.1 Å². The monoisotopic (exact) mass is 431 g/mol. The quantitative estimate of drug-likeness (QED) is 0.648. The molecule has 1 amide bonds. The standard InChI is InChI=1S/C19H30ClN3O4S/c1-4-22(5-2)13-10-21-19(24)15-6-7-18(17(20)14-15)27-16-8-11-23(12-9-16)28(3,25)26/h6-7,14,16H,4-5,8-13H2,1-3H3,(H,21,24). The van der Waals surface area contributed by atoms with Crippen molar-refractivity contribution in [3.8, 4) is 5.75 Å². The van der Waals surface area contributed by atoms with Crippen molar-refractivity contribution in [2.75, 3.05) is 45.5 Å². The normalized spacial score (nSPS) is 16.3. The summed E-state index contributed by atoms with van der Waals surface area (Å²) in [7, 11) is -3.16. The predicted octanol–water partition coefficient (Wildman–Crippen LogP) is 2.21. The summed E-state index contributed by atoms with van der Waals surface area (Å²) in [5.74, 6) is 0.348. The molecule has 1 aromatic rings. The van der Waals surface area contributed by atoms with Gasteiger partial charge >= 0.3 is 0 Å². The third kappa shape index (κ3) is 6.62. The lowest BCUT2D eigenvalue weighted by Gasteiger charge is -2.30. The molecule has 0 unspecified atom stereocenters. The molecule has 1 saturated heterocycles. The van der Waals surface area contributed by atoms with Gasteiger partial charge in [0.1, 0.15) is 11.9 Å². The van der Waals surface area contributed by atoms with Gasteiger partial charge in [0.05, 0.1) is 11.3 Å². The topological polar surface area (TPSA) is 79.0 Å². The maximum atomic E-state index is 12.3. The smallest absolute Gasteiger partial charge is 0.251 e. The highest BCUT2D eigenvalue weighted by Crippen LogP contribution is 2.28. The van der Waals surface area contributed by atoms with Crippen LogP contribution in [0.25, 0.3) is 0 Å². The van der Waals surface area contributed by atoms with Crippen molar-refractivity contribution in [3.05, 3.63) is 28.8 Å². The molecule has 1 N–H and O–H groups in total. The highest BCUT2D eigenvalue weighted by Gasteiger charge is 2.26. The van der Waals surface area contributed by atoms with Gasteiger partial charge in [-0.05, 0) is 44.1 Å². The van der Waals surface area contributed by atoms with Gasteiger partial charge in [-0.25, -0.2) is 12.7 Å². The van der Waals surface area contributed by atoms with Gasteiger partial charge in [-0.15, -0.1) is 0 Å². The molecule has 1 aromatic carbocycles. The summed E-state index contributed by atoms with van der Waals surface area (Å²) in [6, 6.07) is 5.00. The van der Waals surface area contributed by atoms with E-state index in [1.807, 2.05) is 0 Å². The maximum absolute atomic E-state index is 12.3. The molecule has 0 radical (unpaired) electrons. The Morgan fingerprint density at radius 2 is 1.93 bits per heavy atom. The Balaban J connectivity index is 1.87. The lowest BCUT2D eigenvalue weighted by Crippen LogP contribution is -2.41. The molecule has 0 aliphatic carbocycles. The van der Waals surface area contributed by atoms with E-state index in [-0.39, 0.29) is 12.0 Å². The highest BCUT2D eigenvalue weighted by atomic mass is 35.5. The van der Waals surface area contributed by atoms with Gasteiger partial charge in [-0.1, -0.05) is 25.4 Å². The SMILES string of the molecule is CCN(CC)CCNC(=O)c1ccc(OC2CCN(S(C)(=O)=O)CC2)c(Cl)c1. The molecule has 7 nitrogen and oxygen atoms in total. The Morgan fingerprint density at radius 3 is 2.46 bits per heavy atom. The summed E-state index contributed by atoms with van der Waals surface area (Å²) >= 11 is 6.30. The summed E-state index contributed by atoms with van der Waals surface area (Å²) in [5, 5.41) is 3.28. The summed E-state index contributed by atoms with van der Waals surface area (Å²) in [6.07, 6.45) is 2.34. The molecule has 1 heterocycles. The Labute approximate surface area is 173 Å². The van der Waals surface area contributed by atoms with Crippen LogP contribution in [0.1, 0.15) is 37.0 Å². The van der Waals surface area contributed by atoms with Gasteiger partial charge in [0.25, 0.3) is 5.91 Å². The molecule has 158 valence electrons. The fraction of sp³-hybridized carbons (Fsp3) is 0.632. The zero-order valence-corrected chi connectivity index (χ0v) is 18.4. The van der Waals surface area contributed by atoms with Crippen LogP contribution in [0.3, 0.4) is 0 Å². The summed E-state index contributed by atoms with van der Waals surface area (Å²) in [5.41, 5.74) is 0.490. The number of benzene rings is 1. The summed E-state index contributed by atoms with van der Waals surface area (Å²) < 4.78 is 30.5. The van der Waals surface area contributed by atoms with E-state index in [1.165, 1.54) is 10.6 Å². The van der Waals surface area contributed by atoms with Crippen molar-refractivity contribution in [1.29, 1.82) is 0 Å². The van der Waals surface area contributed by atoms with E-state index in [0.717, 1.165) is 19.6 Å². The number of rotatable bonds is 9. The first kappa shape index (κ1) is 22.9. The second kappa shape index (κ2) is 10.4. The number of sulfonamides is 1. The van der Waals surface area contributed by atoms with Crippen LogP contribution in [0.5, 0.6) is 5.75 Å². The number of likely N-dealkylation sites (N-methyl/N-ethyl adjacent to an activating group) is 1. The van der Waals surface area contributed by atoms with E-state index in [4.69, 9.17) is 16.3 Å². The van der Waals surface area contributed by atoms with Crippen molar-refractivity contribution in [2.24, 2.45) is 0 Å². The first-order valence-electron chi connectivity index (χ1n) is 9.66. The molecule has 1 aliphatic heterocycles. The van der Waals surface area contributed by atoms with Crippen LogP contribution in [-0.2, 0) is 10.0 Å². The number of carbonyl (C=O) groups excluding carboxylic acids is 1. The fourth-order valence-corrected chi connectivity index (χ4v) is 4.27. The van der Waals surface area contributed by atoms with Crippen LogP contribution in [-0.4, -0.2) is 75.2 Å². The zero-order chi connectivity index (χ0) is 20.7. The molecule has 0 saturated carbocycles. The Hall–Kier alpha value is -1.35. The number of ether oxygens (including phenoxy) is 1. The van der Waals surface area contributed by atoms with E-state index in [9.17, 15) is 13.2 Å². The molecule has 0 spiro atoms. The highest BCUT2D eigenvalue weighted by molar-refractivity contribution is 7.88. The molecular weight excluding hydrogens is 402 g/mol. The number of piperidine rings is 1. The molecular formula is C19H30ClN3O4S. The minimum Gasteiger partial charge on any atom is -0.489 e. The molecule has 0 aromatic heterocycles. The first-order chi connectivity index (χ1) is 13.2. The molecule has 1 aliphatic rings. The van der Waals surface area contributed by atoms with Crippen LogP contribution in [0.15, 0.2) is 18.2 Å². The number of hydrogen-bond acceptors (Lipinski definition) is 5. The Bertz CT molecular complexity index is 760. The number of nitrogens with zero attached hydrogens (tertiary/aromatic N) is 2. The van der Waals surface area contributed by atoms with E-state index < -0.39 is 10.0 Å². The average molecular weight is 432 g/mol. The average Bonchev–Trinajstić information content (AvgIpc) is 2.66. The molecule has 9 heteroatoms. The second-order valence-electron chi connectivity index (χ2n) is 6.91. The predicted molar refractivity (Wildman–Crippen MR) is 112 cm³/mol. The van der Waals surface area contributed by atoms with Crippen LogP contribution in [0.2, 0.25) is 5.02 Å². The van der Waals surface area contributed by atoms with E-state index in [1.54, 1.807) is 18.2 Å². The Kier molecular flexibility index (Phi) is 8.55. The van der Waals surface area contributed by atoms with Gasteiger partial charge < -0.3 is 15.0 Å². The van der Waals surface area contributed by atoms with Crippen molar-refractivity contribution in [2.45, 2.75) is 32.8 Å². The largest absolute Gasteiger partial charge is 0.489 e. The van der Waals surface area contributed by atoms with Crippen LogP contribution < -0.4 is 10.1 Å². The molecule has 0 atom stereocenters. The minimum absolute atomic E-state index is 0.0933. The lowest BCUT2D eigenvalue weighted by atomic mass is 10.1. The zero-order valence-electron chi connectivity index (χ0n) is 16.8. The lowest BCUT2D eigenvalue weighted by molar-refractivity contribution is 0.0949. The fourth-order valence-electron chi connectivity index (χ4n) is 3.17. The Morgan fingerprint density at radius 1 is 1.29 bits per heavy atom. The van der Waals surface area contributed by atoms with Gasteiger partial charge in [0.2, 0.25) is 10.0 Å². The summed E-state index contributed by atoms with van der Waals surface area (Å²) in [4.78, 5) is 14.5. The van der Waals surface area contributed by atoms with E-state index >= 15 is 0 Å². The third-order valence-electron chi connectivity index (χ3n) is 4.97. The number of nitrogens with one attached hydrogen (secondary N) is 1. The van der Waals surface area contributed by atoms with E-state index in [0.29, 0.717) is 48.8 Å². The number of hydrogen-bond donors (Lipinski definition) is 1. The second-order valence-corrected chi connectivity index (χ2v) is 9.30. The van der Waals surface area contributed by atoms with Crippen molar-refractivity contribution in [3.63, 3.8) is 0 Å². The van der Waals surface area contributed by atoms with Crippen LogP contribution in [0, 0.1) is 0 Å². The van der Waals surface area contributed by atoms with Crippen molar-refractivity contribution >= 4 is 27.5 Å². The molecule has 0 bridgehead atoms. The number of halogens is 1. The van der Waals surface area contributed by atoms with Crippen LogP contribution >= 0.6 is 11.6 Å². The number of carbonyl (C=O) groups is 1. The molecule has 1 fully saturated rings. The van der Waals surface area contributed by atoms with Crippen LogP contribution in [0.4, 0.5) is 0 Å². The third-order valence-corrected chi connectivity index (χ3v) is 6.56. The molecule has 28 heavy (non-hydrogen) atoms. The first-order valence-corrected chi connectivity index (χ1v) is 11.9. The van der Waals surface area contributed by atoms with Gasteiger partial charge in [-0.2, -0.15) is 0 Å². The van der Waals surface area contributed by atoms with Gasteiger partial charge in [0, 0.05) is 31.7 Å². The number of amides is 1. The summed E-state index contributed by atoms with van der Waals surface area (Å²) in [6.45, 7) is 8.35. The minimum atomic E-state index is -3.16.